The summed E-state index contributed by atoms with van der Waals surface area (Å²) in [7, 11) is 3.78. The molecule has 1 atom stereocenters. The van der Waals surface area contributed by atoms with Crippen molar-refractivity contribution in [3.8, 4) is 5.75 Å². The molecule has 1 aromatic rings. The Bertz CT molecular complexity index is 413. The monoisotopic (exact) mass is 248 g/mol. The fourth-order valence-electron chi connectivity index (χ4n) is 2.57. The highest BCUT2D eigenvalue weighted by molar-refractivity contribution is 5.41. The zero-order valence-corrected chi connectivity index (χ0v) is 11.9. The lowest BCUT2D eigenvalue weighted by Gasteiger charge is -2.18. The van der Waals surface area contributed by atoms with Crippen LogP contribution < -0.4 is 10.1 Å². The number of ether oxygens (including phenoxy) is 1. The second kappa shape index (κ2) is 5.70. The van der Waals surface area contributed by atoms with Crippen molar-refractivity contribution in [1.29, 1.82) is 0 Å². The van der Waals surface area contributed by atoms with Gasteiger partial charge in [-0.2, -0.15) is 0 Å². The molecule has 0 spiro atoms. The number of hydrogen-bond acceptors (Lipinski definition) is 3. The van der Waals surface area contributed by atoms with Crippen molar-refractivity contribution in [2.24, 2.45) is 5.92 Å². The largest absolute Gasteiger partial charge is 0.496 e. The Labute approximate surface area is 110 Å². The lowest BCUT2D eigenvalue weighted by molar-refractivity contribution is 0.405. The van der Waals surface area contributed by atoms with Gasteiger partial charge in [0.2, 0.25) is 0 Å². The number of likely N-dealkylation sites (N-methyl/N-ethyl adjacent to an activating group) is 1. The summed E-state index contributed by atoms with van der Waals surface area (Å²) in [4.78, 5) is 4.58. The molecule has 0 bridgehead atoms. The maximum atomic E-state index is 5.46. The van der Waals surface area contributed by atoms with Crippen LogP contribution in [0.3, 0.4) is 0 Å². The van der Waals surface area contributed by atoms with Crippen molar-refractivity contribution in [3.05, 3.63) is 23.0 Å². The van der Waals surface area contributed by atoms with Gasteiger partial charge in [0.05, 0.1) is 7.11 Å². The summed E-state index contributed by atoms with van der Waals surface area (Å²) in [6.07, 6.45) is 7.00. The van der Waals surface area contributed by atoms with Crippen LogP contribution in [-0.4, -0.2) is 25.2 Å². The molecule has 0 aromatic carbocycles. The Hall–Kier alpha value is -1.09. The van der Waals surface area contributed by atoms with Gasteiger partial charge in [-0.15, -0.1) is 0 Å². The first-order chi connectivity index (χ1) is 8.65. The topological polar surface area (TPSA) is 34.2 Å². The van der Waals surface area contributed by atoms with Gasteiger partial charge in [0.25, 0.3) is 0 Å². The van der Waals surface area contributed by atoms with E-state index in [1.54, 1.807) is 7.11 Å². The van der Waals surface area contributed by atoms with E-state index in [2.05, 4.69) is 17.2 Å². The molecule has 1 fully saturated rings. The summed E-state index contributed by atoms with van der Waals surface area (Å²) >= 11 is 0. The average Bonchev–Trinajstić information content (AvgIpc) is 3.16. The van der Waals surface area contributed by atoms with Gasteiger partial charge in [-0.3, -0.25) is 4.98 Å². The molecular weight excluding hydrogens is 224 g/mol. The molecular formula is C15H24N2O. The van der Waals surface area contributed by atoms with Gasteiger partial charge < -0.3 is 10.1 Å². The van der Waals surface area contributed by atoms with Crippen LogP contribution in [0.25, 0.3) is 0 Å². The third-order valence-corrected chi connectivity index (χ3v) is 3.91. The van der Waals surface area contributed by atoms with Crippen molar-refractivity contribution in [2.45, 2.75) is 45.6 Å². The van der Waals surface area contributed by atoms with Crippen LogP contribution in [0.5, 0.6) is 5.75 Å². The minimum atomic E-state index is 0.538. The van der Waals surface area contributed by atoms with Crippen LogP contribution >= 0.6 is 0 Å². The lowest BCUT2D eigenvalue weighted by Crippen LogP contribution is -2.28. The van der Waals surface area contributed by atoms with E-state index in [9.17, 15) is 0 Å². The van der Waals surface area contributed by atoms with E-state index in [0.29, 0.717) is 6.04 Å². The van der Waals surface area contributed by atoms with Crippen LogP contribution in [0.15, 0.2) is 6.20 Å². The summed E-state index contributed by atoms with van der Waals surface area (Å²) in [5.41, 5.74) is 3.47. The van der Waals surface area contributed by atoms with E-state index in [-0.39, 0.29) is 0 Å². The van der Waals surface area contributed by atoms with Gasteiger partial charge in [0.15, 0.2) is 0 Å². The Balaban J connectivity index is 2.11. The normalized spacial score (nSPS) is 16.7. The third-order valence-electron chi connectivity index (χ3n) is 3.91. The molecule has 1 aliphatic carbocycles. The van der Waals surface area contributed by atoms with Crippen molar-refractivity contribution >= 4 is 0 Å². The number of pyridine rings is 1. The standard InChI is InChI=1S/C15H24N2O/c1-10-9-17-14(11(2)15(10)18-4)8-13(16-3)7-12-5-6-12/h9,12-13,16H,5-8H2,1-4H3. The van der Waals surface area contributed by atoms with Gasteiger partial charge >= 0.3 is 0 Å². The van der Waals surface area contributed by atoms with Crippen LogP contribution in [0, 0.1) is 19.8 Å². The van der Waals surface area contributed by atoms with E-state index in [0.717, 1.165) is 29.3 Å². The molecule has 0 saturated heterocycles. The molecule has 1 aromatic heterocycles. The lowest BCUT2D eigenvalue weighted by atomic mass is 10.0. The first-order valence-electron chi connectivity index (χ1n) is 6.82. The number of nitrogens with zero attached hydrogens (tertiary/aromatic N) is 1. The molecule has 0 radical (unpaired) electrons. The summed E-state index contributed by atoms with van der Waals surface area (Å²) in [6.45, 7) is 4.15. The summed E-state index contributed by atoms with van der Waals surface area (Å²) in [6, 6.07) is 0.538. The molecule has 100 valence electrons. The molecule has 1 heterocycles. The predicted octanol–water partition coefficient (Wildman–Crippen LogP) is 2.64. The number of methoxy groups -OCH3 is 1. The Morgan fingerprint density at radius 1 is 1.44 bits per heavy atom. The molecule has 3 heteroatoms. The molecule has 1 aliphatic rings. The van der Waals surface area contributed by atoms with E-state index < -0.39 is 0 Å². The highest BCUT2D eigenvalue weighted by Crippen LogP contribution is 2.34. The number of aromatic nitrogens is 1. The predicted molar refractivity (Wildman–Crippen MR) is 74.2 cm³/mol. The Morgan fingerprint density at radius 2 is 2.17 bits per heavy atom. The van der Waals surface area contributed by atoms with Gasteiger partial charge in [-0.1, -0.05) is 12.8 Å². The summed E-state index contributed by atoms with van der Waals surface area (Å²) in [5, 5.41) is 3.42. The van der Waals surface area contributed by atoms with Crippen LogP contribution in [0.4, 0.5) is 0 Å². The van der Waals surface area contributed by atoms with Gasteiger partial charge in [-0.05, 0) is 33.2 Å². The summed E-state index contributed by atoms with van der Waals surface area (Å²) < 4.78 is 5.46. The van der Waals surface area contributed by atoms with Gasteiger partial charge in [-0.25, -0.2) is 0 Å². The molecule has 0 aliphatic heterocycles. The van der Waals surface area contributed by atoms with Crippen LogP contribution in [-0.2, 0) is 6.42 Å². The molecule has 2 rings (SSSR count). The second-order valence-corrected chi connectivity index (χ2v) is 5.41. The molecule has 18 heavy (non-hydrogen) atoms. The average molecular weight is 248 g/mol. The van der Waals surface area contributed by atoms with Gasteiger partial charge in [0.1, 0.15) is 5.75 Å². The Morgan fingerprint density at radius 3 is 2.72 bits per heavy atom. The minimum Gasteiger partial charge on any atom is -0.496 e. The second-order valence-electron chi connectivity index (χ2n) is 5.41. The summed E-state index contributed by atoms with van der Waals surface area (Å²) in [5.74, 6) is 1.93. The zero-order chi connectivity index (χ0) is 13.1. The first kappa shape index (κ1) is 13.3. The highest BCUT2D eigenvalue weighted by Gasteiger charge is 2.25. The van der Waals surface area contributed by atoms with Gasteiger partial charge in [0, 0.05) is 35.5 Å². The molecule has 1 unspecified atom stereocenters. The highest BCUT2D eigenvalue weighted by atomic mass is 16.5. The fourth-order valence-corrected chi connectivity index (χ4v) is 2.57. The van der Waals surface area contributed by atoms with E-state index >= 15 is 0 Å². The third kappa shape index (κ3) is 3.02. The SMILES string of the molecule is CNC(Cc1ncc(C)c(OC)c1C)CC1CC1. The van der Waals surface area contributed by atoms with Crippen molar-refractivity contribution in [1.82, 2.24) is 10.3 Å². The first-order valence-corrected chi connectivity index (χ1v) is 6.82. The number of rotatable bonds is 6. The molecule has 0 amide bonds. The Kier molecular flexibility index (Phi) is 4.23. The van der Waals surface area contributed by atoms with Crippen molar-refractivity contribution in [2.75, 3.05) is 14.2 Å². The number of nitrogens with one attached hydrogen (secondary N) is 1. The molecule has 1 N–H and O–H groups in total. The van der Waals surface area contributed by atoms with Crippen molar-refractivity contribution < 1.29 is 4.74 Å². The van der Waals surface area contributed by atoms with Crippen molar-refractivity contribution in [3.63, 3.8) is 0 Å². The smallest absolute Gasteiger partial charge is 0.128 e. The fraction of sp³-hybridized carbons (Fsp3) is 0.667. The molecule has 3 nitrogen and oxygen atoms in total. The van der Waals surface area contributed by atoms with Crippen LogP contribution in [0.2, 0.25) is 0 Å². The van der Waals surface area contributed by atoms with E-state index in [4.69, 9.17) is 4.74 Å². The number of aryl methyl sites for hydroxylation is 1. The van der Waals surface area contributed by atoms with E-state index in [1.807, 2.05) is 20.2 Å². The maximum Gasteiger partial charge on any atom is 0.128 e. The minimum absolute atomic E-state index is 0.538. The zero-order valence-electron chi connectivity index (χ0n) is 11.9. The van der Waals surface area contributed by atoms with E-state index in [1.165, 1.54) is 24.8 Å². The van der Waals surface area contributed by atoms with Crippen LogP contribution in [0.1, 0.15) is 36.1 Å². The number of hydrogen-bond donors (Lipinski definition) is 1. The maximum absolute atomic E-state index is 5.46. The molecule has 1 saturated carbocycles. The quantitative estimate of drug-likeness (QED) is 0.840.